The Morgan fingerprint density at radius 1 is 0.586 bits per heavy atom. The van der Waals surface area contributed by atoms with Crippen molar-refractivity contribution in [2.75, 3.05) is 0 Å². The fourth-order valence-corrected chi connectivity index (χ4v) is 6.31. The maximum Gasteiger partial charge on any atom is 0.318 e. The Balaban J connectivity index is 1.48. The number of hydrogen-bond donors (Lipinski definition) is 0. The molecule has 3 heteroatoms. The molecule has 1 fully saturated rings. The van der Waals surface area contributed by atoms with Gasteiger partial charge in [0.2, 0.25) is 0 Å². The van der Waals surface area contributed by atoms with Gasteiger partial charge in [0.1, 0.15) is 0 Å². The first kappa shape index (κ1) is 15.7. The van der Waals surface area contributed by atoms with Crippen molar-refractivity contribution in [2.24, 2.45) is 11.8 Å². The molecule has 3 aromatic rings. The number of rotatable bonds is 0. The molecule has 0 radical (unpaired) electrons. The lowest BCUT2D eigenvalue weighted by Crippen LogP contribution is -2.41. The Labute approximate surface area is 168 Å². The molecule has 0 saturated carbocycles. The third-order valence-corrected chi connectivity index (χ3v) is 7.47. The minimum absolute atomic E-state index is 0.0855. The summed E-state index contributed by atoms with van der Waals surface area (Å²) in [5, 5.41) is 0. The normalized spacial score (nSPS) is 27.4. The summed E-state index contributed by atoms with van der Waals surface area (Å²) in [7, 11) is 0. The van der Waals surface area contributed by atoms with Gasteiger partial charge >= 0.3 is 11.9 Å². The van der Waals surface area contributed by atoms with Gasteiger partial charge in [0.25, 0.3) is 0 Å². The van der Waals surface area contributed by atoms with E-state index in [2.05, 4.69) is 48.5 Å². The number of esters is 2. The minimum Gasteiger partial charge on any atom is -0.393 e. The molecule has 4 atom stereocenters. The van der Waals surface area contributed by atoms with E-state index in [0.29, 0.717) is 0 Å². The Morgan fingerprint density at radius 3 is 1.52 bits per heavy atom. The van der Waals surface area contributed by atoms with Crippen molar-refractivity contribution in [2.45, 2.75) is 24.7 Å². The van der Waals surface area contributed by atoms with E-state index in [1.165, 1.54) is 44.5 Å². The summed E-state index contributed by atoms with van der Waals surface area (Å²) in [4.78, 5) is 25.3. The number of carbonyl (C=O) groups is 2. The Bertz CT molecular complexity index is 1160. The number of ether oxygens (including phenoxy) is 1. The van der Waals surface area contributed by atoms with Crippen LogP contribution in [0.1, 0.15) is 56.3 Å². The van der Waals surface area contributed by atoms with Crippen LogP contribution in [0.3, 0.4) is 0 Å². The molecular weight excluding hydrogens is 360 g/mol. The van der Waals surface area contributed by atoms with Crippen LogP contribution in [-0.2, 0) is 27.2 Å². The molecule has 0 unspecified atom stereocenters. The first-order valence-corrected chi connectivity index (χ1v) is 10.3. The third-order valence-electron chi connectivity index (χ3n) is 7.47. The molecule has 3 nitrogen and oxygen atoms in total. The largest absolute Gasteiger partial charge is 0.393 e. The van der Waals surface area contributed by atoms with E-state index in [-0.39, 0.29) is 35.6 Å². The van der Waals surface area contributed by atoms with Gasteiger partial charge in [0.15, 0.2) is 0 Å². The fraction of sp³-hybridized carbons (Fsp3) is 0.231. The van der Waals surface area contributed by atoms with Gasteiger partial charge in [-0.15, -0.1) is 0 Å². The zero-order valence-corrected chi connectivity index (χ0v) is 15.7. The summed E-state index contributed by atoms with van der Waals surface area (Å²) in [6, 6.07) is 21.6. The van der Waals surface area contributed by atoms with Gasteiger partial charge in [0.05, 0.1) is 11.8 Å². The van der Waals surface area contributed by atoms with E-state index in [9.17, 15) is 9.59 Å². The van der Waals surface area contributed by atoms with Gasteiger partial charge in [-0.1, -0.05) is 60.7 Å². The predicted octanol–water partition coefficient (Wildman–Crippen LogP) is 4.09. The number of fused-ring (bicyclic) bond motifs is 2. The van der Waals surface area contributed by atoms with Crippen LogP contribution in [0.5, 0.6) is 0 Å². The maximum atomic E-state index is 12.6. The van der Waals surface area contributed by atoms with Crippen molar-refractivity contribution in [1.82, 2.24) is 0 Å². The van der Waals surface area contributed by atoms with Crippen LogP contribution in [0.25, 0.3) is 0 Å². The highest BCUT2D eigenvalue weighted by Crippen LogP contribution is 2.61. The summed E-state index contributed by atoms with van der Waals surface area (Å²) in [5.41, 5.74) is 10.3. The molecule has 8 rings (SSSR count). The van der Waals surface area contributed by atoms with Gasteiger partial charge in [-0.3, -0.25) is 9.59 Å². The van der Waals surface area contributed by atoms with Crippen molar-refractivity contribution in [3.8, 4) is 0 Å². The standard InChI is InChI=1S/C26H18O3/c27-25-23-21-17-7-3-4-8-18(17)22(24(23)26(28)29-25)20-12-16-10-14-6-2-1-5-13(14)9-15(16)11-19(20)21/h1-8,11-12,21-24H,9-10H2/t21-,22+,23-,24+. The van der Waals surface area contributed by atoms with Crippen molar-refractivity contribution in [3.05, 3.63) is 105 Å². The Hall–Kier alpha value is -3.20. The van der Waals surface area contributed by atoms with Crippen molar-refractivity contribution >= 4 is 11.9 Å². The molecule has 1 saturated heterocycles. The van der Waals surface area contributed by atoms with Crippen LogP contribution in [0.2, 0.25) is 0 Å². The van der Waals surface area contributed by atoms with Crippen LogP contribution < -0.4 is 0 Å². The van der Waals surface area contributed by atoms with E-state index < -0.39 is 0 Å². The molecule has 0 spiro atoms. The number of cyclic esters (lactones) is 2. The summed E-state index contributed by atoms with van der Waals surface area (Å²) in [5.74, 6) is -1.64. The van der Waals surface area contributed by atoms with Gasteiger partial charge in [-0.05, 0) is 57.3 Å². The van der Waals surface area contributed by atoms with E-state index in [0.717, 1.165) is 12.8 Å². The monoisotopic (exact) mass is 378 g/mol. The van der Waals surface area contributed by atoms with Gasteiger partial charge in [0, 0.05) is 11.8 Å². The zero-order valence-electron chi connectivity index (χ0n) is 15.7. The molecule has 5 aliphatic rings. The van der Waals surface area contributed by atoms with Crippen LogP contribution in [0.15, 0.2) is 60.7 Å². The van der Waals surface area contributed by atoms with Crippen LogP contribution >= 0.6 is 0 Å². The van der Waals surface area contributed by atoms with Gasteiger partial charge in [-0.25, -0.2) is 0 Å². The molecule has 3 aromatic carbocycles. The molecule has 2 bridgehead atoms. The van der Waals surface area contributed by atoms with Crippen molar-refractivity contribution in [3.63, 3.8) is 0 Å². The average Bonchev–Trinajstić information content (AvgIpc) is 3.05. The highest BCUT2D eigenvalue weighted by Gasteiger charge is 2.60. The van der Waals surface area contributed by atoms with Crippen molar-refractivity contribution < 1.29 is 14.3 Å². The molecule has 4 aliphatic carbocycles. The molecule has 1 aliphatic heterocycles. The van der Waals surface area contributed by atoms with E-state index in [4.69, 9.17) is 4.74 Å². The number of hydrogen-bond acceptors (Lipinski definition) is 3. The molecule has 1 heterocycles. The molecule has 0 aromatic heterocycles. The first-order chi connectivity index (χ1) is 14.2. The van der Waals surface area contributed by atoms with Crippen LogP contribution in [0, 0.1) is 11.8 Å². The lowest BCUT2D eigenvalue weighted by Gasteiger charge is -2.46. The second-order valence-electron chi connectivity index (χ2n) is 8.75. The molecular formula is C26H18O3. The van der Waals surface area contributed by atoms with Crippen LogP contribution in [0.4, 0.5) is 0 Å². The second kappa shape index (κ2) is 5.24. The first-order valence-electron chi connectivity index (χ1n) is 10.3. The highest BCUT2D eigenvalue weighted by atomic mass is 16.6. The minimum atomic E-state index is -0.385. The summed E-state index contributed by atoms with van der Waals surface area (Å²) < 4.78 is 5.15. The topological polar surface area (TPSA) is 43.4 Å². The molecule has 29 heavy (non-hydrogen) atoms. The highest BCUT2D eigenvalue weighted by molar-refractivity contribution is 6.00. The summed E-state index contributed by atoms with van der Waals surface area (Å²) in [6.45, 7) is 0. The predicted molar refractivity (Wildman–Crippen MR) is 107 cm³/mol. The summed E-state index contributed by atoms with van der Waals surface area (Å²) in [6.07, 6.45) is 1.85. The average molecular weight is 378 g/mol. The van der Waals surface area contributed by atoms with E-state index in [1.54, 1.807) is 0 Å². The number of benzene rings is 3. The third kappa shape index (κ3) is 1.88. The SMILES string of the molecule is O=C1OC(=O)[C@H]2[C@H]3c4ccccc4[C@H](c4cc5c(cc43)Cc3ccccc3C5)[C@@H]12. The smallest absolute Gasteiger partial charge is 0.318 e. The van der Waals surface area contributed by atoms with Gasteiger partial charge < -0.3 is 4.74 Å². The number of carbonyl (C=O) groups excluding carboxylic acids is 2. The van der Waals surface area contributed by atoms with E-state index in [1.807, 2.05) is 12.1 Å². The lowest BCUT2D eigenvalue weighted by atomic mass is 9.54. The Morgan fingerprint density at radius 2 is 1.03 bits per heavy atom. The fourth-order valence-electron chi connectivity index (χ4n) is 6.31. The van der Waals surface area contributed by atoms with Gasteiger partial charge in [-0.2, -0.15) is 0 Å². The molecule has 0 amide bonds. The second-order valence-corrected chi connectivity index (χ2v) is 8.75. The summed E-state index contributed by atoms with van der Waals surface area (Å²) >= 11 is 0. The van der Waals surface area contributed by atoms with Crippen molar-refractivity contribution in [1.29, 1.82) is 0 Å². The van der Waals surface area contributed by atoms with Crippen LogP contribution in [-0.4, -0.2) is 11.9 Å². The molecule has 140 valence electrons. The Kier molecular flexibility index (Phi) is 2.83. The maximum absolute atomic E-state index is 12.6. The zero-order chi connectivity index (χ0) is 19.3. The lowest BCUT2D eigenvalue weighted by molar-refractivity contribution is -0.153. The van der Waals surface area contributed by atoms with E-state index >= 15 is 0 Å². The quantitative estimate of drug-likeness (QED) is 0.342. The molecule has 0 N–H and O–H groups in total.